The van der Waals surface area contributed by atoms with Gasteiger partial charge in [-0.05, 0) is 6.42 Å². The van der Waals surface area contributed by atoms with Gasteiger partial charge in [-0.3, -0.25) is 9.59 Å². The van der Waals surface area contributed by atoms with Crippen molar-refractivity contribution in [2.24, 2.45) is 0 Å². The lowest BCUT2D eigenvalue weighted by Crippen LogP contribution is -2.49. The van der Waals surface area contributed by atoms with Crippen LogP contribution in [0.3, 0.4) is 0 Å². The zero-order valence-electron chi connectivity index (χ0n) is 9.28. The van der Waals surface area contributed by atoms with E-state index < -0.39 is 0 Å². The number of nitrogens with zero attached hydrogens (tertiary/aromatic N) is 2. The second-order valence-corrected chi connectivity index (χ2v) is 4.05. The molecule has 5 nitrogen and oxygen atoms in total. The van der Waals surface area contributed by atoms with E-state index in [0.29, 0.717) is 6.42 Å². The van der Waals surface area contributed by atoms with Crippen LogP contribution >= 0.6 is 12.4 Å². The van der Waals surface area contributed by atoms with Crippen molar-refractivity contribution in [3.63, 3.8) is 0 Å². The van der Waals surface area contributed by atoms with Crippen LogP contribution in [0.4, 0.5) is 0 Å². The Morgan fingerprint density at radius 1 is 1.25 bits per heavy atom. The minimum atomic E-state index is 0. The number of nitrogens with one attached hydrogen (secondary N) is 1. The standard InChI is InChI=1S/C10H17N3O2.ClH/c14-9-2-1-5-13(9)8-10(15)12-6-3-11-4-7-12;/h11H,1-8H2;1H. The highest BCUT2D eigenvalue weighted by molar-refractivity contribution is 5.86. The molecule has 2 heterocycles. The summed E-state index contributed by atoms with van der Waals surface area (Å²) in [6.45, 7) is 4.27. The lowest BCUT2D eigenvalue weighted by Gasteiger charge is -2.29. The van der Waals surface area contributed by atoms with Crippen LogP contribution in [0.2, 0.25) is 0 Å². The van der Waals surface area contributed by atoms with E-state index in [2.05, 4.69) is 5.32 Å². The molecule has 0 saturated carbocycles. The van der Waals surface area contributed by atoms with E-state index in [0.717, 1.165) is 39.1 Å². The van der Waals surface area contributed by atoms with Crippen LogP contribution in [0, 0.1) is 0 Å². The predicted octanol–water partition coefficient (Wildman–Crippen LogP) is -0.538. The van der Waals surface area contributed by atoms with E-state index in [4.69, 9.17) is 0 Å². The van der Waals surface area contributed by atoms with Crippen LogP contribution in [0.25, 0.3) is 0 Å². The average Bonchev–Trinajstić information content (AvgIpc) is 2.66. The van der Waals surface area contributed by atoms with Gasteiger partial charge in [-0.1, -0.05) is 0 Å². The summed E-state index contributed by atoms with van der Waals surface area (Å²) in [5, 5.41) is 3.20. The Bertz CT molecular complexity index is 267. The zero-order chi connectivity index (χ0) is 10.7. The van der Waals surface area contributed by atoms with Gasteiger partial charge in [0.2, 0.25) is 11.8 Å². The number of carbonyl (C=O) groups is 2. The van der Waals surface area contributed by atoms with Gasteiger partial charge in [0.05, 0.1) is 6.54 Å². The molecule has 0 aromatic carbocycles. The van der Waals surface area contributed by atoms with Gasteiger partial charge >= 0.3 is 0 Å². The van der Waals surface area contributed by atoms with Crippen molar-refractivity contribution in [1.29, 1.82) is 0 Å². The summed E-state index contributed by atoms with van der Waals surface area (Å²) in [7, 11) is 0. The minimum absolute atomic E-state index is 0. The first-order valence-corrected chi connectivity index (χ1v) is 5.53. The number of piperazine rings is 1. The van der Waals surface area contributed by atoms with E-state index in [9.17, 15) is 9.59 Å². The molecule has 0 bridgehead atoms. The molecule has 92 valence electrons. The SMILES string of the molecule is Cl.O=C(CN1CCCC1=O)N1CCNCC1. The first-order valence-electron chi connectivity index (χ1n) is 5.53. The first kappa shape index (κ1) is 13.3. The summed E-state index contributed by atoms with van der Waals surface area (Å²) in [5.41, 5.74) is 0. The molecule has 2 saturated heterocycles. The molecule has 2 fully saturated rings. The van der Waals surface area contributed by atoms with E-state index in [1.165, 1.54) is 0 Å². The van der Waals surface area contributed by atoms with Gasteiger partial charge in [-0.25, -0.2) is 0 Å². The highest BCUT2D eigenvalue weighted by Gasteiger charge is 2.25. The van der Waals surface area contributed by atoms with Crippen LogP contribution in [-0.2, 0) is 9.59 Å². The monoisotopic (exact) mass is 247 g/mol. The molecule has 2 aliphatic heterocycles. The average molecular weight is 248 g/mol. The summed E-state index contributed by atoms with van der Waals surface area (Å²) in [4.78, 5) is 26.6. The Morgan fingerprint density at radius 2 is 1.94 bits per heavy atom. The van der Waals surface area contributed by atoms with E-state index in [1.807, 2.05) is 4.90 Å². The summed E-state index contributed by atoms with van der Waals surface area (Å²) < 4.78 is 0. The van der Waals surface area contributed by atoms with Crippen LogP contribution in [0.5, 0.6) is 0 Å². The number of amides is 2. The molecule has 0 aliphatic carbocycles. The third-order valence-electron chi connectivity index (χ3n) is 2.97. The quantitative estimate of drug-likeness (QED) is 0.713. The number of likely N-dealkylation sites (tertiary alicyclic amines) is 1. The van der Waals surface area contributed by atoms with Gasteiger partial charge in [0, 0.05) is 39.1 Å². The van der Waals surface area contributed by atoms with Crippen LogP contribution in [0.1, 0.15) is 12.8 Å². The van der Waals surface area contributed by atoms with E-state index >= 15 is 0 Å². The number of halogens is 1. The molecule has 2 rings (SSSR count). The Hall–Kier alpha value is -0.810. The lowest BCUT2D eigenvalue weighted by molar-refractivity contribution is -0.138. The number of hydrogen-bond donors (Lipinski definition) is 1. The lowest BCUT2D eigenvalue weighted by atomic mass is 10.3. The maximum absolute atomic E-state index is 11.8. The molecule has 16 heavy (non-hydrogen) atoms. The van der Waals surface area contributed by atoms with Crippen molar-refractivity contribution in [2.75, 3.05) is 39.3 Å². The minimum Gasteiger partial charge on any atom is -0.339 e. The van der Waals surface area contributed by atoms with Crippen molar-refractivity contribution in [3.05, 3.63) is 0 Å². The molecule has 0 atom stereocenters. The molecule has 0 spiro atoms. The number of hydrogen-bond acceptors (Lipinski definition) is 3. The third kappa shape index (κ3) is 3.09. The normalized spacial score (nSPS) is 20.9. The molecule has 0 aromatic heterocycles. The maximum Gasteiger partial charge on any atom is 0.242 e. The second kappa shape index (κ2) is 6.06. The highest BCUT2D eigenvalue weighted by Crippen LogP contribution is 2.09. The van der Waals surface area contributed by atoms with Gasteiger partial charge in [0.1, 0.15) is 0 Å². The van der Waals surface area contributed by atoms with E-state index in [-0.39, 0.29) is 30.8 Å². The van der Waals surface area contributed by atoms with Gasteiger partial charge in [-0.15, -0.1) is 12.4 Å². The van der Waals surface area contributed by atoms with Crippen LogP contribution in [0.15, 0.2) is 0 Å². The smallest absolute Gasteiger partial charge is 0.242 e. The molecule has 6 heteroatoms. The topological polar surface area (TPSA) is 52.7 Å². The van der Waals surface area contributed by atoms with Crippen molar-refractivity contribution in [1.82, 2.24) is 15.1 Å². The third-order valence-corrected chi connectivity index (χ3v) is 2.97. The van der Waals surface area contributed by atoms with Crippen LogP contribution in [-0.4, -0.2) is 60.9 Å². The zero-order valence-corrected chi connectivity index (χ0v) is 10.1. The Labute approximate surface area is 102 Å². The highest BCUT2D eigenvalue weighted by atomic mass is 35.5. The maximum atomic E-state index is 11.8. The fourth-order valence-electron chi connectivity index (χ4n) is 2.05. The second-order valence-electron chi connectivity index (χ2n) is 4.05. The summed E-state index contributed by atoms with van der Waals surface area (Å²) in [6, 6.07) is 0. The van der Waals surface area contributed by atoms with Crippen molar-refractivity contribution >= 4 is 24.2 Å². The predicted molar refractivity (Wildman–Crippen MR) is 62.5 cm³/mol. The van der Waals surface area contributed by atoms with Gasteiger partial charge in [0.25, 0.3) is 0 Å². The number of rotatable bonds is 2. The number of carbonyl (C=O) groups excluding carboxylic acids is 2. The fourth-order valence-corrected chi connectivity index (χ4v) is 2.05. The molecule has 2 aliphatic rings. The molecular weight excluding hydrogens is 230 g/mol. The van der Waals surface area contributed by atoms with Crippen molar-refractivity contribution < 1.29 is 9.59 Å². The summed E-state index contributed by atoms with van der Waals surface area (Å²) in [5.74, 6) is 0.213. The Morgan fingerprint density at radius 3 is 2.50 bits per heavy atom. The first-order chi connectivity index (χ1) is 7.27. The molecule has 0 unspecified atom stereocenters. The van der Waals surface area contributed by atoms with Gasteiger partial charge < -0.3 is 15.1 Å². The van der Waals surface area contributed by atoms with E-state index in [1.54, 1.807) is 4.90 Å². The summed E-state index contributed by atoms with van der Waals surface area (Å²) >= 11 is 0. The largest absolute Gasteiger partial charge is 0.339 e. The molecule has 0 aromatic rings. The molecule has 2 amide bonds. The van der Waals surface area contributed by atoms with Gasteiger partial charge in [-0.2, -0.15) is 0 Å². The fraction of sp³-hybridized carbons (Fsp3) is 0.800. The molecule has 1 N–H and O–H groups in total. The van der Waals surface area contributed by atoms with Crippen LogP contribution < -0.4 is 5.32 Å². The Kier molecular flexibility index (Phi) is 5.02. The van der Waals surface area contributed by atoms with Crippen molar-refractivity contribution in [3.8, 4) is 0 Å². The Balaban J connectivity index is 0.00000128. The van der Waals surface area contributed by atoms with Crippen molar-refractivity contribution in [2.45, 2.75) is 12.8 Å². The van der Waals surface area contributed by atoms with Gasteiger partial charge in [0.15, 0.2) is 0 Å². The molecular formula is C10H18ClN3O2. The molecule has 0 radical (unpaired) electrons. The summed E-state index contributed by atoms with van der Waals surface area (Å²) in [6.07, 6.45) is 1.50.